The van der Waals surface area contributed by atoms with E-state index in [0.29, 0.717) is 4.57 Å². The normalized spacial score (nSPS) is 20.7. The van der Waals surface area contributed by atoms with E-state index in [4.69, 9.17) is 28.8 Å². The molecule has 0 spiro atoms. The molecular weight excluding hydrogens is 605 g/mol. The Kier molecular flexibility index (Phi) is 2.72. The van der Waals surface area contributed by atoms with Crippen LogP contribution in [-0.2, 0) is 0 Å². The molecule has 236 valence electrons. The van der Waals surface area contributed by atoms with E-state index in [0.717, 1.165) is 0 Å². The van der Waals surface area contributed by atoms with Crippen LogP contribution in [0, 0.1) is 0 Å². The molecule has 0 fully saturated rings. The summed E-state index contributed by atoms with van der Waals surface area (Å²) in [6.45, 7) is 0. The molecule has 2 nitrogen and oxygen atoms in total. The second kappa shape index (κ2) is 12.8. The Bertz CT molecular complexity index is 4400. The second-order valence-corrected chi connectivity index (χ2v) is 10.0. The van der Waals surface area contributed by atoms with Crippen molar-refractivity contribution >= 4 is 38.9 Å². The fourth-order valence-corrected chi connectivity index (χ4v) is 5.04. The van der Waals surface area contributed by atoms with Gasteiger partial charge in [-0.05, 0) is 88.2 Å². The molecule has 2 heteroatoms. The van der Waals surface area contributed by atoms with Gasteiger partial charge in [-0.3, -0.25) is 0 Å². The van der Waals surface area contributed by atoms with Gasteiger partial charge in [-0.15, -0.1) is 0 Å². The zero-order valence-electron chi connectivity index (χ0n) is 58.9. The van der Waals surface area contributed by atoms with Crippen LogP contribution < -0.4 is 4.90 Å². The number of benzene rings is 8. The lowest BCUT2D eigenvalue weighted by Gasteiger charge is -2.28. The lowest BCUT2D eigenvalue weighted by Crippen LogP contribution is -2.11. The Morgan fingerprint density at radius 2 is 0.840 bits per heavy atom. The molecule has 0 saturated heterocycles. The summed E-state index contributed by atoms with van der Waals surface area (Å²) < 4.78 is 305. The van der Waals surface area contributed by atoms with Crippen molar-refractivity contribution in [3.8, 4) is 39.1 Å². The number of rotatable bonds is 7. The monoisotopic (exact) mass is 672 g/mol. The van der Waals surface area contributed by atoms with E-state index in [9.17, 15) is 17.8 Å². The molecule has 8 aromatic carbocycles. The van der Waals surface area contributed by atoms with Crippen molar-refractivity contribution < 1.29 is 46.6 Å². The SMILES string of the molecule is [2H]c1c([2H])c([2H])c(-c2c([2H])c([2H])c(N(c3c([2H])c([2H])c(-c4c([2H])c([2H])c5c(c4[2H])c4c([2H])c([2H])c([2H])c([2H])c4n5-c4c([2H])c([2H])c([2H])c([2H])c4[2H])c([2H])c3[2H])c3c([2H])c([2H])c([2H])c([2H])c3-c3c([2H])c([2H])c([2H])c([2H])c3[2H])c([2H])c2[2H])c([2H])c1[2H]. The summed E-state index contributed by atoms with van der Waals surface area (Å²) in [5.41, 5.74) is -11.9. The third-order valence-corrected chi connectivity index (χ3v) is 7.18. The maximum atomic E-state index is 9.73. The number of aromatic nitrogens is 1. The summed E-state index contributed by atoms with van der Waals surface area (Å²) >= 11 is 0. The van der Waals surface area contributed by atoms with Crippen molar-refractivity contribution in [3.63, 3.8) is 0 Å². The second-order valence-electron chi connectivity index (χ2n) is 10.0. The predicted molar refractivity (Wildman–Crippen MR) is 212 cm³/mol. The molecular formula is C48H34N2. The van der Waals surface area contributed by atoms with Crippen LogP contribution in [0.15, 0.2) is 205 Å². The molecule has 1 heterocycles. The summed E-state index contributed by atoms with van der Waals surface area (Å²) in [7, 11) is 0. The van der Waals surface area contributed by atoms with Crippen LogP contribution in [-0.4, -0.2) is 4.57 Å². The number of para-hydroxylation sites is 3. The van der Waals surface area contributed by atoms with E-state index in [1.165, 1.54) is 0 Å². The molecule has 0 atom stereocenters. The van der Waals surface area contributed by atoms with Crippen molar-refractivity contribution in [2.45, 2.75) is 0 Å². The number of anilines is 3. The maximum Gasteiger partial charge on any atom is 0.0645 e. The minimum Gasteiger partial charge on any atom is -0.310 e. The predicted octanol–water partition coefficient (Wildman–Crippen LogP) is 13.3. The van der Waals surface area contributed by atoms with Gasteiger partial charge in [-0.2, -0.15) is 0 Å². The summed E-state index contributed by atoms with van der Waals surface area (Å²) in [5.74, 6) is 0. The van der Waals surface area contributed by atoms with Crippen molar-refractivity contribution in [1.82, 2.24) is 4.57 Å². The molecule has 1 aromatic heterocycles. The molecule has 0 saturated carbocycles. The largest absolute Gasteiger partial charge is 0.310 e. The smallest absolute Gasteiger partial charge is 0.0645 e. The first-order valence-corrected chi connectivity index (χ1v) is 14.3. The first kappa shape index (κ1) is 10.7. The third-order valence-electron chi connectivity index (χ3n) is 7.18. The van der Waals surface area contributed by atoms with Crippen molar-refractivity contribution in [2.75, 3.05) is 4.90 Å². The zero-order chi connectivity index (χ0) is 62.9. The average Bonchev–Trinajstić information content (AvgIpc) is 1.43. The van der Waals surface area contributed by atoms with Crippen molar-refractivity contribution in [1.29, 1.82) is 0 Å². The molecule has 0 aliphatic heterocycles. The highest BCUT2D eigenvalue weighted by Gasteiger charge is 2.18. The molecule has 0 aliphatic carbocycles. The first-order valence-electron chi connectivity index (χ1n) is 31.3. The molecule has 9 aromatic rings. The van der Waals surface area contributed by atoms with Crippen LogP contribution in [0.3, 0.4) is 0 Å². The number of nitrogens with zero attached hydrogens (tertiary/aromatic N) is 2. The topological polar surface area (TPSA) is 8.17 Å². The Morgan fingerprint density at radius 3 is 1.52 bits per heavy atom. The van der Waals surface area contributed by atoms with Crippen molar-refractivity contribution in [2.24, 2.45) is 0 Å². The van der Waals surface area contributed by atoms with Crippen LogP contribution in [0.1, 0.15) is 46.6 Å². The molecule has 0 amide bonds. The Morgan fingerprint density at radius 1 is 0.360 bits per heavy atom. The first-order chi connectivity index (χ1) is 39.0. The fourth-order valence-electron chi connectivity index (χ4n) is 5.04. The summed E-state index contributed by atoms with van der Waals surface area (Å²) in [4.78, 5) is 0.247. The van der Waals surface area contributed by atoms with E-state index in [1.807, 2.05) is 0 Å². The third kappa shape index (κ3) is 5.34. The Hall–Kier alpha value is -6.64. The van der Waals surface area contributed by atoms with Gasteiger partial charge in [-0.1, -0.05) is 145 Å². The lowest BCUT2D eigenvalue weighted by atomic mass is 10.00. The molecule has 50 heavy (non-hydrogen) atoms. The standard InChI is InChI=1S/C48H34N2/c1-4-14-35(15-5-1)36-24-29-41(30-25-36)49(46-22-12-10-20-43(46)38-16-6-2-7-17-38)42-31-26-37(27-32-42)39-28-33-48-45(34-39)44-21-11-13-23-47(44)50(48)40-18-8-3-9-19-40/h1-34H/i1D,2D,3D,4D,5D,6D,7D,8D,9D,10D,11D,12D,13D,14D,15D,16D,17D,18D,19D,20D,21D,22D,23D,24D,25D,26D,27D,28D,29D,30D,31D,32D,33D,34D. The number of hydrogen-bond acceptors (Lipinski definition) is 1. The van der Waals surface area contributed by atoms with Gasteiger partial charge in [0.25, 0.3) is 0 Å². The van der Waals surface area contributed by atoms with Gasteiger partial charge < -0.3 is 9.47 Å². The summed E-state index contributed by atoms with van der Waals surface area (Å²) in [6, 6.07) is -37.6. The van der Waals surface area contributed by atoms with Gasteiger partial charge in [-0.25, -0.2) is 0 Å². The molecule has 0 radical (unpaired) electrons. The van der Waals surface area contributed by atoms with E-state index in [-0.39, 0.29) is 4.90 Å². The Labute approximate surface area is 340 Å². The van der Waals surface area contributed by atoms with Crippen LogP contribution >= 0.6 is 0 Å². The minimum atomic E-state index is -1.40. The molecule has 9 rings (SSSR count). The minimum absolute atomic E-state index is 0.247. The van der Waals surface area contributed by atoms with Gasteiger partial charge in [0.05, 0.1) is 63.3 Å². The van der Waals surface area contributed by atoms with Gasteiger partial charge in [0.1, 0.15) is 0 Å². The molecule has 0 unspecified atom stereocenters. The van der Waals surface area contributed by atoms with Crippen LogP contribution in [0.4, 0.5) is 17.1 Å². The van der Waals surface area contributed by atoms with Gasteiger partial charge >= 0.3 is 0 Å². The highest BCUT2D eigenvalue weighted by Crippen LogP contribution is 2.42. The summed E-state index contributed by atoms with van der Waals surface area (Å²) in [5, 5.41) is -1.34. The van der Waals surface area contributed by atoms with Crippen LogP contribution in [0.5, 0.6) is 0 Å². The number of hydrogen-bond donors (Lipinski definition) is 0. The van der Waals surface area contributed by atoms with Gasteiger partial charge in [0.2, 0.25) is 0 Å². The van der Waals surface area contributed by atoms with Crippen LogP contribution in [0.2, 0.25) is 0 Å². The quantitative estimate of drug-likeness (QED) is 0.164. The highest BCUT2D eigenvalue weighted by atomic mass is 15.1. The zero-order valence-corrected chi connectivity index (χ0v) is 24.9. The molecule has 0 N–H and O–H groups in total. The lowest BCUT2D eigenvalue weighted by molar-refractivity contribution is 1.18. The van der Waals surface area contributed by atoms with E-state index < -0.39 is 283 Å². The molecule has 0 bridgehead atoms. The van der Waals surface area contributed by atoms with Gasteiger partial charge in [0.15, 0.2) is 0 Å². The van der Waals surface area contributed by atoms with E-state index >= 15 is 0 Å². The Balaban J connectivity index is 1.49. The van der Waals surface area contributed by atoms with Crippen molar-refractivity contribution in [3.05, 3.63) is 205 Å². The summed E-state index contributed by atoms with van der Waals surface area (Å²) in [6.07, 6.45) is 0. The number of fused-ring (bicyclic) bond motifs is 3. The maximum absolute atomic E-state index is 9.73. The van der Waals surface area contributed by atoms with Gasteiger partial charge in [0, 0.05) is 33.4 Å². The molecule has 0 aliphatic rings. The van der Waals surface area contributed by atoms with E-state index in [2.05, 4.69) is 0 Å². The van der Waals surface area contributed by atoms with Crippen LogP contribution in [0.25, 0.3) is 60.9 Å². The average molecular weight is 673 g/mol. The fraction of sp³-hybridized carbons (Fsp3) is 0. The highest BCUT2D eigenvalue weighted by molar-refractivity contribution is 6.10. The van der Waals surface area contributed by atoms with E-state index in [1.54, 1.807) is 0 Å².